The van der Waals surface area contributed by atoms with Crippen LogP contribution < -0.4 is 10.2 Å². The monoisotopic (exact) mass is 461 g/mol. The Kier molecular flexibility index (Phi) is 6.41. The number of aromatic nitrogens is 2. The topological polar surface area (TPSA) is 87.7 Å². The van der Waals surface area contributed by atoms with E-state index in [1.54, 1.807) is 17.2 Å². The summed E-state index contributed by atoms with van der Waals surface area (Å²) in [5.41, 5.74) is 3.64. The van der Waals surface area contributed by atoms with E-state index in [2.05, 4.69) is 20.2 Å². The normalized spacial score (nSPS) is 14.3. The quantitative estimate of drug-likeness (QED) is 0.615. The second-order valence-corrected chi connectivity index (χ2v) is 9.63. The van der Waals surface area contributed by atoms with Crippen LogP contribution in [0.25, 0.3) is 10.9 Å². The zero-order valence-electron chi connectivity index (χ0n) is 20.4. The molecule has 1 fully saturated rings. The van der Waals surface area contributed by atoms with Crippen molar-refractivity contribution in [3.8, 4) is 0 Å². The van der Waals surface area contributed by atoms with Crippen molar-refractivity contribution < 1.29 is 14.3 Å². The molecule has 2 amide bonds. The van der Waals surface area contributed by atoms with Gasteiger partial charge in [-0.05, 0) is 65.0 Å². The van der Waals surface area contributed by atoms with Crippen molar-refractivity contribution in [1.82, 2.24) is 14.9 Å². The van der Waals surface area contributed by atoms with E-state index in [0.29, 0.717) is 43.3 Å². The van der Waals surface area contributed by atoms with E-state index < -0.39 is 5.60 Å². The Hall–Kier alpha value is -3.68. The maximum atomic E-state index is 12.9. The van der Waals surface area contributed by atoms with E-state index >= 15 is 0 Å². The van der Waals surface area contributed by atoms with E-state index in [1.807, 2.05) is 65.0 Å². The van der Waals surface area contributed by atoms with E-state index in [1.165, 1.54) is 0 Å². The van der Waals surface area contributed by atoms with Gasteiger partial charge >= 0.3 is 6.09 Å². The predicted molar refractivity (Wildman–Crippen MR) is 133 cm³/mol. The maximum absolute atomic E-state index is 12.9. The van der Waals surface area contributed by atoms with Gasteiger partial charge in [0.2, 0.25) is 0 Å². The first-order chi connectivity index (χ1) is 16.1. The van der Waals surface area contributed by atoms with Crippen LogP contribution in [-0.2, 0) is 4.74 Å². The molecule has 3 aromatic rings. The Morgan fingerprint density at radius 1 is 1.00 bits per heavy atom. The largest absolute Gasteiger partial charge is 0.444 e. The summed E-state index contributed by atoms with van der Waals surface area (Å²) in [5.74, 6) is 0.240. The summed E-state index contributed by atoms with van der Waals surface area (Å²) in [7, 11) is 0. The van der Waals surface area contributed by atoms with Gasteiger partial charge in [-0.25, -0.2) is 9.78 Å². The molecule has 0 atom stereocenters. The first-order valence-corrected chi connectivity index (χ1v) is 11.5. The maximum Gasteiger partial charge on any atom is 0.410 e. The Bertz CT molecular complexity index is 1210. The van der Waals surface area contributed by atoms with Crippen molar-refractivity contribution in [2.45, 2.75) is 40.2 Å². The molecule has 2 aromatic heterocycles. The van der Waals surface area contributed by atoms with Gasteiger partial charge in [0.1, 0.15) is 11.4 Å². The van der Waals surface area contributed by atoms with Gasteiger partial charge in [0.15, 0.2) is 0 Å². The second kappa shape index (κ2) is 9.29. The lowest BCUT2D eigenvalue weighted by Crippen LogP contribution is -2.50. The fourth-order valence-electron chi connectivity index (χ4n) is 3.93. The lowest BCUT2D eigenvalue weighted by molar-refractivity contribution is 0.0240. The number of ether oxygens (including phenoxy) is 1. The van der Waals surface area contributed by atoms with Crippen molar-refractivity contribution in [2.24, 2.45) is 0 Å². The summed E-state index contributed by atoms with van der Waals surface area (Å²) in [6, 6.07) is 11.6. The van der Waals surface area contributed by atoms with Gasteiger partial charge in [-0.3, -0.25) is 9.78 Å². The molecule has 0 radical (unpaired) electrons. The predicted octanol–water partition coefficient (Wildman–Crippen LogP) is 4.56. The van der Waals surface area contributed by atoms with Crippen LogP contribution in [0.2, 0.25) is 0 Å². The van der Waals surface area contributed by atoms with Gasteiger partial charge in [-0.1, -0.05) is 11.6 Å². The zero-order chi connectivity index (χ0) is 24.5. The smallest absolute Gasteiger partial charge is 0.410 e. The first kappa shape index (κ1) is 23.5. The van der Waals surface area contributed by atoms with Crippen molar-refractivity contribution in [1.29, 1.82) is 0 Å². The van der Waals surface area contributed by atoms with Crippen LogP contribution in [0.15, 0.2) is 42.6 Å². The molecule has 0 unspecified atom stereocenters. The Morgan fingerprint density at radius 2 is 1.74 bits per heavy atom. The van der Waals surface area contributed by atoms with Crippen molar-refractivity contribution >= 4 is 34.4 Å². The molecule has 1 aliphatic heterocycles. The number of carbonyl (C=O) groups excluding carboxylic acids is 2. The average molecular weight is 462 g/mol. The Labute approximate surface area is 199 Å². The van der Waals surface area contributed by atoms with Gasteiger partial charge in [0, 0.05) is 31.6 Å². The fourth-order valence-corrected chi connectivity index (χ4v) is 3.93. The number of rotatable bonds is 3. The number of amides is 2. The van der Waals surface area contributed by atoms with Crippen LogP contribution in [0.3, 0.4) is 0 Å². The van der Waals surface area contributed by atoms with Gasteiger partial charge in [0.25, 0.3) is 5.91 Å². The molecule has 1 saturated heterocycles. The molecule has 0 saturated carbocycles. The minimum Gasteiger partial charge on any atom is -0.444 e. The summed E-state index contributed by atoms with van der Waals surface area (Å²) >= 11 is 0. The molecule has 0 aliphatic carbocycles. The highest BCUT2D eigenvalue weighted by Gasteiger charge is 2.26. The fraction of sp³-hybridized carbons (Fsp3) is 0.385. The number of hydrogen-bond acceptors (Lipinski definition) is 6. The summed E-state index contributed by atoms with van der Waals surface area (Å²) in [4.78, 5) is 38.1. The number of benzene rings is 1. The van der Waals surface area contributed by atoms with Crippen LogP contribution in [-0.4, -0.2) is 58.6 Å². The van der Waals surface area contributed by atoms with Gasteiger partial charge in [0.05, 0.1) is 28.7 Å². The van der Waals surface area contributed by atoms with Gasteiger partial charge in [-0.2, -0.15) is 0 Å². The van der Waals surface area contributed by atoms with E-state index in [4.69, 9.17) is 4.74 Å². The molecular formula is C26H31N5O3. The molecule has 1 aromatic carbocycles. The van der Waals surface area contributed by atoms with Crippen LogP contribution in [0.5, 0.6) is 0 Å². The Morgan fingerprint density at radius 3 is 2.38 bits per heavy atom. The van der Waals surface area contributed by atoms with Crippen LogP contribution in [0, 0.1) is 13.8 Å². The molecular weight excluding hydrogens is 430 g/mol. The van der Waals surface area contributed by atoms with Gasteiger partial charge in [-0.15, -0.1) is 0 Å². The number of fused-ring (bicyclic) bond motifs is 1. The van der Waals surface area contributed by atoms with Crippen LogP contribution in [0.4, 0.5) is 16.3 Å². The van der Waals surface area contributed by atoms with E-state index in [9.17, 15) is 9.59 Å². The lowest BCUT2D eigenvalue weighted by atomic mass is 10.1. The summed E-state index contributed by atoms with van der Waals surface area (Å²) in [6.45, 7) is 12.0. The van der Waals surface area contributed by atoms with Crippen molar-refractivity contribution in [2.75, 3.05) is 36.4 Å². The molecule has 8 nitrogen and oxygen atoms in total. The summed E-state index contributed by atoms with van der Waals surface area (Å²) in [5, 5.41) is 3.81. The number of pyridine rings is 2. The number of nitrogens with one attached hydrogen (secondary N) is 1. The number of aryl methyl sites for hydroxylation is 2. The lowest BCUT2D eigenvalue weighted by Gasteiger charge is -2.36. The minimum atomic E-state index is -0.501. The molecule has 4 rings (SSSR count). The molecule has 8 heteroatoms. The highest BCUT2D eigenvalue weighted by molar-refractivity contribution is 6.06. The van der Waals surface area contributed by atoms with Crippen LogP contribution >= 0.6 is 0 Å². The summed E-state index contributed by atoms with van der Waals surface area (Å²) < 4.78 is 5.46. The Balaban J connectivity index is 1.38. The van der Waals surface area contributed by atoms with Gasteiger partial charge < -0.3 is 19.9 Å². The number of anilines is 2. The molecule has 1 aliphatic rings. The van der Waals surface area contributed by atoms with E-state index in [0.717, 1.165) is 22.2 Å². The van der Waals surface area contributed by atoms with Crippen molar-refractivity contribution in [3.63, 3.8) is 0 Å². The zero-order valence-corrected chi connectivity index (χ0v) is 20.4. The SMILES string of the molecule is Cc1ccc2nc(C)c(C(=O)Nc3ccc(N4CCN(C(=O)OC(C)(C)C)CC4)cn3)cc2c1. The number of nitrogens with zero attached hydrogens (tertiary/aromatic N) is 4. The molecule has 178 valence electrons. The third-order valence-electron chi connectivity index (χ3n) is 5.69. The van der Waals surface area contributed by atoms with E-state index in [-0.39, 0.29) is 12.0 Å². The first-order valence-electron chi connectivity index (χ1n) is 11.5. The number of carbonyl (C=O) groups is 2. The number of piperazine rings is 1. The average Bonchev–Trinajstić information content (AvgIpc) is 2.78. The second-order valence-electron chi connectivity index (χ2n) is 9.63. The van der Waals surface area contributed by atoms with Crippen molar-refractivity contribution in [3.05, 3.63) is 59.4 Å². The third-order valence-corrected chi connectivity index (χ3v) is 5.69. The highest BCUT2D eigenvalue weighted by atomic mass is 16.6. The van der Waals surface area contributed by atoms with Crippen LogP contribution in [0.1, 0.15) is 42.4 Å². The highest BCUT2D eigenvalue weighted by Crippen LogP contribution is 2.21. The molecule has 0 spiro atoms. The molecule has 34 heavy (non-hydrogen) atoms. The molecule has 0 bridgehead atoms. The summed E-state index contributed by atoms with van der Waals surface area (Å²) in [6.07, 6.45) is 1.46. The minimum absolute atomic E-state index is 0.236. The third kappa shape index (κ3) is 5.44. The standard InChI is InChI=1S/C26H31N5O3/c1-17-6-8-22-19(14-17)15-21(18(2)28-22)24(32)29-23-9-7-20(16-27-23)30-10-12-31(13-11-30)25(33)34-26(3,4)5/h6-9,14-16H,10-13H2,1-5H3,(H,27,29,32). The number of hydrogen-bond donors (Lipinski definition) is 1. The molecule has 1 N–H and O–H groups in total. The molecule has 3 heterocycles.